The summed E-state index contributed by atoms with van der Waals surface area (Å²) >= 11 is 6.42. The van der Waals surface area contributed by atoms with Crippen LogP contribution in [-0.2, 0) is 4.74 Å². The van der Waals surface area contributed by atoms with E-state index < -0.39 is 0 Å². The number of urea groups is 1. The monoisotopic (exact) mass is 553 g/mol. The van der Waals surface area contributed by atoms with Crippen LogP contribution in [0.15, 0.2) is 42.6 Å². The number of carbonyl (C=O) groups is 1. The molecule has 0 unspecified atom stereocenters. The molecule has 2 fully saturated rings. The number of rotatable bonds is 8. The zero-order chi connectivity index (χ0) is 27.2. The smallest absolute Gasteiger partial charge is 0.321 e. The van der Waals surface area contributed by atoms with Gasteiger partial charge in [-0.1, -0.05) is 11.6 Å². The standard InChI is InChI=1S/C27H32ClN7O4/c1-37-23-15-19(31-27(36)35-9-3-4-10-35)5-7-21(23)32-26-29-17-20(28)25(33-26)30-18-6-8-22(24(16-18)38-2)34-11-13-39-14-12-34/h5-8,15-17H,3-4,9-14H2,1-2H3,(H,31,36)(H2,29,30,32,33). The zero-order valence-electron chi connectivity index (χ0n) is 22.0. The van der Waals surface area contributed by atoms with Crippen LogP contribution in [0.25, 0.3) is 0 Å². The fourth-order valence-corrected chi connectivity index (χ4v) is 4.73. The van der Waals surface area contributed by atoms with Crippen LogP contribution < -0.4 is 30.3 Å². The number of nitrogens with one attached hydrogen (secondary N) is 3. The number of nitrogens with zero attached hydrogens (tertiary/aromatic N) is 4. The number of methoxy groups -OCH3 is 2. The highest BCUT2D eigenvalue weighted by molar-refractivity contribution is 6.32. The lowest BCUT2D eigenvalue weighted by molar-refractivity contribution is 0.122. The van der Waals surface area contributed by atoms with E-state index in [2.05, 4.69) is 30.8 Å². The van der Waals surface area contributed by atoms with E-state index in [1.807, 2.05) is 18.2 Å². The molecule has 5 rings (SSSR count). The predicted molar refractivity (Wildman–Crippen MR) is 152 cm³/mol. The molecule has 12 heteroatoms. The molecular weight excluding hydrogens is 522 g/mol. The van der Waals surface area contributed by atoms with Gasteiger partial charge in [-0.15, -0.1) is 0 Å². The number of hydrogen-bond acceptors (Lipinski definition) is 9. The molecule has 0 radical (unpaired) electrons. The molecule has 2 aliphatic heterocycles. The Hall–Kier alpha value is -3.96. The molecule has 0 spiro atoms. The summed E-state index contributed by atoms with van der Waals surface area (Å²) in [5.74, 6) is 2.03. The van der Waals surface area contributed by atoms with Gasteiger partial charge in [0.2, 0.25) is 5.95 Å². The van der Waals surface area contributed by atoms with Crippen LogP contribution in [0.3, 0.4) is 0 Å². The highest BCUT2D eigenvalue weighted by Crippen LogP contribution is 2.35. The first kappa shape index (κ1) is 26.6. The van der Waals surface area contributed by atoms with E-state index in [1.54, 1.807) is 37.3 Å². The third kappa shape index (κ3) is 6.37. The molecule has 0 saturated carbocycles. The second-order valence-corrected chi connectivity index (χ2v) is 9.57. The van der Waals surface area contributed by atoms with Crippen molar-refractivity contribution in [3.05, 3.63) is 47.6 Å². The van der Waals surface area contributed by atoms with Gasteiger partial charge < -0.3 is 40.0 Å². The first-order valence-electron chi connectivity index (χ1n) is 12.9. The Morgan fingerprint density at radius 3 is 2.41 bits per heavy atom. The Balaban J connectivity index is 1.30. The minimum Gasteiger partial charge on any atom is -0.495 e. The summed E-state index contributed by atoms with van der Waals surface area (Å²) in [6, 6.07) is 11.1. The highest BCUT2D eigenvalue weighted by atomic mass is 35.5. The maximum absolute atomic E-state index is 12.5. The molecule has 0 aliphatic carbocycles. The number of carbonyl (C=O) groups excluding carboxylic acids is 1. The summed E-state index contributed by atoms with van der Waals surface area (Å²) in [6.07, 6.45) is 3.59. The minimum atomic E-state index is -0.110. The molecule has 3 heterocycles. The maximum atomic E-state index is 12.5. The molecule has 39 heavy (non-hydrogen) atoms. The van der Waals surface area contributed by atoms with Gasteiger partial charge in [0.05, 0.1) is 45.0 Å². The molecule has 2 aliphatic rings. The van der Waals surface area contributed by atoms with Crippen molar-refractivity contribution in [2.45, 2.75) is 12.8 Å². The lowest BCUT2D eigenvalue weighted by atomic mass is 10.2. The third-order valence-corrected chi connectivity index (χ3v) is 6.91. The minimum absolute atomic E-state index is 0.110. The summed E-state index contributed by atoms with van der Waals surface area (Å²) in [5, 5.41) is 9.73. The molecular formula is C27H32ClN7O4. The second-order valence-electron chi connectivity index (χ2n) is 9.17. The van der Waals surface area contributed by atoms with Crippen molar-refractivity contribution in [1.82, 2.24) is 14.9 Å². The molecule has 3 N–H and O–H groups in total. The lowest BCUT2D eigenvalue weighted by Gasteiger charge is -2.30. The summed E-state index contributed by atoms with van der Waals surface area (Å²) in [4.78, 5) is 25.4. The van der Waals surface area contributed by atoms with Gasteiger partial charge in [-0.2, -0.15) is 4.98 Å². The van der Waals surface area contributed by atoms with Gasteiger partial charge in [0.15, 0.2) is 5.82 Å². The van der Waals surface area contributed by atoms with Crippen molar-refractivity contribution in [2.24, 2.45) is 0 Å². The quantitative estimate of drug-likeness (QED) is 0.350. The van der Waals surface area contributed by atoms with Crippen molar-refractivity contribution < 1.29 is 19.0 Å². The Labute approximate surface area is 232 Å². The van der Waals surface area contributed by atoms with Crippen LogP contribution in [0.2, 0.25) is 5.02 Å². The largest absolute Gasteiger partial charge is 0.495 e. The number of amides is 2. The Morgan fingerprint density at radius 2 is 1.67 bits per heavy atom. The van der Waals surface area contributed by atoms with Crippen LogP contribution >= 0.6 is 11.6 Å². The molecule has 0 bridgehead atoms. The number of morpholine rings is 1. The molecule has 206 valence electrons. The van der Waals surface area contributed by atoms with Crippen molar-refractivity contribution in [2.75, 3.05) is 74.5 Å². The zero-order valence-corrected chi connectivity index (χ0v) is 22.8. The fraction of sp³-hybridized carbons (Fsp3) is 0.370. The van der Waals surface area contributed by atoms with Gasteiger partial charge in [0.25, 0.3) is 0 Å². The van der Waals surface area contributed by atoms with Gasteiger partial charge >= 0.3 is 6.03 Å². The van der Waals surface area contributed by atoms with Crippen molar-refractivity contribution in [3.8, 4) is 11.5 Å². The number of ether oxygens (including phenoxy) is 3. The molecule has 1 aromatic heterocycles. The molecule has 3 aromatic rings. The van der Waals surface area contributed by atoms with Crippen LogP contribution in [0.1, 0.15) is 12.8 Å². The van der Waals surface area contributed by atoms with Crippen molar-refractivity contribution >= 4 is 52.1 Å². The number of likely N-dealkylation sites (tertiary alicyclic amines) is 1. The van der Waals surface area contributed by atoms with Crippen LogP contribution in [-0.4, -0.2) is 74.5 Å². The van der Waals surface area contributed by atoms with Crippen molar-refractivity contribution in [3.63, 3.8) is 0 Å². The number of hydrogen-bond donors (Lipinski definition) is 3. The van der Waals surface area contributed by atoms with E-state index in [-0.39, 0.29) is 6.03 Å². The average Bonchev–Trinajstić information content (AvgIpc) is 3.51. The van der Waals surface area contributed by atoms with E-state index in [4.69, 9.17) is 25.8 Å². The first-order valence-corrected chi connectivity index (χ1v) is 13.2. The van der Waals surface area contributed by atoms with Crippen LogP contribution in [0, 0.1) is 0 Å². The summed E-state index contributed by atoms with van der Waals surface area (Å²) in [7, 11) is 3.22. The van der Waals surface area contributed by atoms with E-state index >= 15 is 0 Å². The molecule has 0 atom stereocenters. The number of anilines is 6. The van der Waals surface area contributed by atoms with Crippen molar-refractivity contribution in [1.29, 1.82) is 0 Å². The summed E-state index contributed by atoms with van der Waals surface area (Å²) < 4.78 is 16.7. The molecule has 11 nitrogen and oxygen atoms in total. The lowest BCUT2D eigenvalue weighted by Crippen LogP contribution is -2.36. The number of benzene rings is 2. The second kappa shape index (κ2) is 12.3. The average molecular weight is 554 g/mol. The topological polar surface area (TPSA) is 113 Å². The molecule has 2 aromatic carbocycles. The maximum Gasteiger partial charge on any atom is 0.321 e. The highest BCUT2D eigenvalue weighted by Gasteiger charge is 2.19. The van der Waals surface area contributed by atoms with Crippen LogP contribution in [0.4, 0.5) is 39.3 Å². The van der Waals surface area contributed by atoms with Gasteiger partial charge in [-0.05, 0) is 37.1 Å². The van der Waals surface area contributed by atoms with E-state index in [0.29, 0.717) is 47.1 Å². The molecule has 2 saturated heterocycles. The Morgan fingerprint density at radius 1 is 0.949 bits per heavy atom. The Bertz CT molecular complexity index is 1310. The molecule has 2 amide bonds. The van der Waals surface area contributed by atoms with Gasteiger partial charge in [0, 0.05) is 49.7 Å². The third-order valence-electron chi connectivity index (χ3n) is 6.63. The van der Waals surface area contributed by atoms with Gasteiger partial charge in [-0.3, -0.25) is 0 Å². The Kier molecular flexibility index (Phi) is 8.38. The van der Waals surface area contributed by atoms with E-state index in [1.165, 1.54) is 6.20 Å². The van der Waals surface area contributed by atoms with E-state index in [0.717, 1.165) is 56.1 Å². The fourth-order valence-electron chi connectivity index (χ4n) is 4.59. The van der Waals surface area contributed by atoms with Gasteiger partial charge in [0.1, 0.15) is 16.5 Å². The summed E-state index contributed by atoms with van der Waals surface area (Å²) in [5.41, 5.74) is 3.06. The number of halogens is 1. The number of aromatic nitrogens is 2. The normalized spacial score (nSPS) is 15.2. The van der Waals surface area contributed by atoms with E-state index in [9.17, 15) is 4.79 Å². The predicted octanol–water partition coefficient (Wildman–Crippen LogP) is 5.10. The van der Waals surface area contributed by atoms with Crippen LogP contribution in [0.5, 0.6) is 11.5 Å². The SMILES string of the molecule is COc1cc(NC(=O)N2CCCC2)ccc1Nc1ncc(Cl)c(Nc2ccc(N3CCOCC3)c(OC)c2)n1. The van der Waals surface area contributed by atoms with Gasteiger partial charge in [-0.25, -0.2) is 9.78 Å². The first-order chi connectivity index (χ1) is 19.0. The summed E-state index contributed by atoms with van der Waals surface area (Å²) in [6.45, 7) is 4.55.